The van der Waals surface area contributed by atoms with Crippen molar-refractivity contribution in [3.8, 4) is 0 Å². The van der Waals surface area contributed by atoms with Gasteiger partial charge in [0.2, 0.25) is 0 Å². The molecule has 2 nitrogen and oxygen atoms in total. The minimum absolute atomic E-state index is 0.342. The van der Waals surface area contributed by atoms with Crippen LogP contribution in [0.5, 0.6) is 0 Å². The molecule has 0 saturated carbocycles. The van der Waals surface area contributed by atoms with Gasteiger partial charge in [-0.05, 0) is 50.6 Å². The van der Waals surface area contributed by atoms with Crippen LogP contribution >= 0.6 is 0 Å². The first kappa shape index (κ1) is 16.0. The molecular weight excluding hydrogens is 222 g/mol. The molecule has 1 heterocycles. The largest absolute Gasteiger partial charge is 0.396 e. The van der Waals surface area contributed by atoms with Crippen LogP contribution in [0.15, 0.2) is 0 Å². The third kappa shape index (κ3) is 6.19. The Kier molecular flexibility index (Phi) is 8.70. The van der Waals surface area contributed by atoms with E-state index in [1.54, 1.807) is 0 Å². The Balaban J connectivity index is 2.20. The molecule has 1 N–H and O–H groups in total. The molecule has 2 heteroatoms. The molecule has 0 bridgehead atoms. The number of aliphatic hydroxyl groups excluding tert-OH is 1. The van der Waals surface area contributed by atoms with Gasteiger partial charge in [-0.3, -0.25) is 0 Å². The first-order chi connectivity index (χ1) is 8.80. The average Bonchev–Trinajstić information content (AvgIpc) is 2.38. The molecular formula is C16H33NO. The van der Waals surface area contributed by atoms with Gasteiger partial charge in [0.05, 0.1) is 0 Å². The van der Waals surface area contributed by atoms with Crippen LogP contribution in [0.1, 0.15) is 65.2 Å². The lowest BCUT2D eigenvalue weighted by molar-refractivity contribution is 0.151. The smallest absolute Gasteiger partial charge is 0.0443 e. The summed E-state index contributed by atoms with van der Waals surface area (Å²) in [7, 11) is 0. The van der Waals surface area contributed by atoms with Gasteiger partial charge < -0.3 is 10.0 Å². The van der Waals surface area contributed by atoms with Crippen molar-refractivity contribution in [2.24, 2.45) is 11.8 Å². The van der Waals surface area contributed by atoms with E-state index in [4.69, 9.17) is 5.11 Å². The molecule has 0 unspecified atom stereocenters. The highest BCUT2D eigenvalue weighted by Crippen LogP contribution is 2.28. The van der Waals surface area contributed by atoms with Crippen LogP contribution in [0, 0.1) is 11.8 Å². The fraction of sp³-hybridized carbons (Fsp3) is 1.00. The number of rotatable bonds is 9. The highest BCUT2D eigenvalue weighted by atomic mass is 16.3. The lowest BCUT2D eigenvalue weighted by atomic mass is 9.83. The van der Waals surface area contributed by atoms with E-state index in [2.05, 4.69) is 18.7 Å². The summed E-state index contributed by atoms with van der Waals surface area (Å²) in [5.74, 6) is 1.95. The highest BCUT2D eigenvalue weighted by Gasteiger charge is 2.21. The van der Waals surface area contributed by atoms with E-state index in [1.165, 1.54) is 58.0 Å². The average molecular weight is 255 g/mol. The molecule has 0 aromatic carbocycles. The Labute approximate surface area is 114 Å². The number of nitrogens with zero attached hydrogens (tertiary/aromatic N) is 1. The third-order valence-electron chi connectivity index (χ3n) is 4.40. The zero-order chi connectivity index (χ0) is 13.2. The summed E-state index contributed by atoms with van der Waals surface area (Å²) < 4.78 is 0. The van der Waals surface area contributed by atoms with Crippen molar-refractivity contribution < 1.29 is 5.11 Å². The lowest BCUT2D eigenvalue weighted by Gasteiger charge is -2.33. The van der Waals surface area contributed by atoms with E-state index in [0.717, 1.165) is 24.8 Å². The number of hydrogen-bond donors (Lipinski definition) is 1. The van der Waals surface area contributed by atoms with E-state index in [9.17, 15) is 0 Å². The van der Waals surface area contributed by atoms with Crippen LogP contribution < -0.4 is 0 Å². The second kappa shape index (κ2) is 9.80. The van der Waals surface area contributed by atoms with Crippen LogP contribution in [0.2, 0.25) is 0 Å². The number of likely N-dealkylation sites (tertiary alicyclic amines) is 1. The van der Waals surface area contributed by atoms with Crippen LogP contribution in [0.4, 0.5) is 0 Å². The van der Waals surface area contributed by atoms with Crippen molar-refractivity contribution in [3.63, 3.8) is 0 Å². The Bertz CT molecular complexity index is 182. The summed E-state index contributed by atoms with van der Waals surface area (Å²) >= 11 is 0. The molecule has 1 aliphatic heterocycles. The predicted molar refractivity (Wildman–Crippen MR) is 78.8 cm³/mol. The minimum Gasteiger partial charge on any atom is -0.396 e. The fourth-order valence-electron chi connectivity index (χ4n) is 3.41. The maximum atomic E-state index is 8.86. The van der Waals surface area contributed by atoms with Crippen molar-refractivity contribution in [2.75, 3.05) is 26.2 Å². The molecule has 0 aliphatic carbocycles. The van der Waals surface area contributed by atoms with Crippen molar-refractivity contribution in [1.29, 1.82) is 0 Å². The van der Waals surface area contributed by atoms with Gasteiger partial charge in [-0.2, -0.15) is 0 Å². The van der Waals surface area contributed by atoms with Crippen LogP contribution in [-0.4, -0.2) is 36.2 Å². The second-order valence-corrected chi connectivity index (χ2v) is 6.04. The summed E-state index contributed by atoms with van der Waals surface area (Å²) in [4.78, 5) is 2.53. The van der Waals surface area contributed by atoms with Gasteiger partial charge in [0, 0.05) is 13.2 Å². The van der Waals surface area contributed by atoms with Crippen molar-refractivity contribution in [3.05, 3.63) is 0 Å². The molecule has 0 amide bonds. The zero-order valence-corrected chi connectivity index (χ0v) is 12.5. The lowest BCUT2D eigenvalue weighted by Crippen LogP contribution is -2.35. The number of aliphatic hydroxyl groups is 1. The topological polar surface area (TPSA) is 23.5 Å². The predicted octanol–water partition coefficient (Wildman–Crippen LogP) is 3.69. The molecule has 0 radical (unpaired) electrons. The molecule has 0 aromatic rings. The van der Waals surface area contributed by atoms with E-state index in [1.807, 2.05) is 0 Å². The second-order valence-electron chi connectivity index (χ2n) is 6.04. The first-order valence-electron chi connectivity index (χ1n) is 8.13. The van der Waals surface area contributed by atoms with Gasteiger partial charge in [0.1, 0.15) is 0 Å². The molecule has 0 spiro atoms. The summed E-state index contributed by atoms with van der Waals surface area (Å²) in [6.45, 7) is 8.59. The van der Waals surface area contributed by atoms with Gasteiger partial charge in [-0.25, -0.2) is 0 Å². The fourth-order valence-corrected chi connectivity index (χ4v) is 3.41. The van der Waals surface area contributed by atoms with E-state index >= 15 is 0 Å². The van der Waals surface area contributed by atoms with Crippen molar-refractivity contribution >= 4 is 0 Å². The number of piperidine rings is 1. The molecule has 1 rings (SSSR count). The Morgan fingerprint density at radius 2 is 1.72 bits per heavy atom. The Morgan fingerprint density at radius 1 is 1.11 bits per heavy atom. The van der Waals surface area contributed by atoms with Crippen LogP contribution in [0.3, 0.4) is 0 Å². The van der Waals surface area contributed by atoms with E-state index in [-0.39, 0.29) is 0 Å². The first-order valence-corrected chi connectivity index (χ1v) is 8.13. The SMILES string of the molecule is CCCC(CCC)CC1CCN(CCCO)CC1. The van der Waals surface area contributed by atoms with Gasteiger partial charge in [-0.1, -0.05) is 39.5 Å². The van der Waals surface area contributed by atoms with Crippen molar-refractivity contribution in [1.82, 2.24) is 4.90 Å². The maximum Gasteiger partial charge on any atom is 0.0443 e. The number of hydrogen-bond acceptors (Lipinski definition) is 2. The molecule has 0 aromatic heterocycles. The maximum absolute atomic E-state index is 8.86. The molecule has 1 fully saturated rings. The van der Waals surface area contributed by atoms with Crippen LogP contribution in [-0.2, 0) is 0 Å². The summed E-state index contributed by atoms with van der Waals surface area (Å²) in [5.41, 5.74) is 0. The standard InChI is InChI=1S/C16H33NO/c1-3-6-15(7-4-2)14-16-8-11-17(12-9-16)10-5-13-18/h15-16,18H,3-14H2,1-2H3. The molecule has 1 saturated heterocycles. The van der Waals surface area contributed by atoms with Gasteiger partial charge in [0.25, 0.3) is 0 Å². The van der Waals surface area contributed by atoms with Gasteiger partial charge >= 0.3 is 0 Å². The van der Waals surface area contributed by atoms with Crippen molar-refractivity contribution in [2.45, 2.75) is 65.2 Å². The van der Waals surface area contributed by atoms with E-state index < -0.39 is 0 Å². The summed E-state index contributed by atoms with van der Waals surface area (Å²) in [5, 5.41) is 8.86. The Morgan fingerprint density at radius 3 is 2.22 bits per heavy atom. The van der Waals surface area contributed by atoms with Crippen LogP contribution in [0.25, 0.3) is 0 Å². The summed E-state index contributed by atoms with van der Waals surface area (Å²) in [6, 6.07) is 0. The molecule has 0 atom stereocenters. The minimum atomic E-state index is 0.342. The summed E-state index contributed by atoms with van der Waals surface area (Å²) in [6.07, 6.45) is 10.7. The third-order valence-corrected chi connectivity index (χ3v) is 4.40. The normalized spacial score (nSPS) is 18.7. The van der Waals surface area contributed by atoms with Gasteiger partial charge in [-0.15, -0.1) is 0 Å². The quantitative estimate of drug-likeness (QED) is 0.679. The Hall–Kier alpha value is -0.0800. The molecule has 108 valence electrons. The van der Waals surface area contributed by atoms with E-state index in [0.29, 0.717) is 6.61 Å². The van der Waals surface area contributed by atoms with Gasteiger partial charge in [0.15, 0.2) is 0 Å². The molecule has 1 aliphatic rings. The zero-order valence-electron chi connectivity index (χ0n) is 12.5. The molecule has 18 heavy (non-hydrogen) atoms. The highest BCUT2D eigenvalue weighted by molar-refractivity contribution is 4.75. The monoisotopic (exact) mass is 255 g/mol.